The van der Waals surface area contributed by atoms with Gasteiger partial charge in [0.2, 0.25) is 10.0 Å². The van der Waals surface area contributed by atoms with E-state index >= 15 is 0 Å². The molecule has 3 aromatic rings. The summed E-state index contributed by atoms with van der Waals surface area (Å²) in [5.41, 5.74) is 0.205. The van der Waals surface area contributed by atoms with Crippen molar-refractivity contribution in [2.24, 2.45) is 0 Å². The van der Waals surface area contributed by atoms with Gasteiger partial charge in [-0.2, -0.15) is 0 Å². The van der Waals surface area contributed by atoms with Crippen molar-refractivity contribution in [1.82, 2.24) is 14.3 Å². The molecule has 1 aromatic carbocycles. The van der Waals surface area contributed by atoms with Gasteiger partial charge in [-0.15, -0.1) is 0 Å². The molecule has 0 radical (unpaired) electrons. The number of carbonyl (C=O) groups excluding carboxylic acids is 1. The highest BCUT2D eigenvalue weighted by Gasteiger charge is 2.22. The molecule has 134 valence electrons. The molecule has 0 aliphatic carbocycles. The van der Waals surface area contributed by atoms with Gasteiger partial charge >= 0.3 is 0 Å². The Morgan fingerprint density at radius 1 is 1.15 bits per heavy atom. The Hall–Kier alpha value is -2.36. The Morgan fingerprint density at radius 3 is 2.62 bits per heavy atom. The predicted octanol–water partition coefficient (Wildman–Crippen LogP) is 2.89. The fraction of sp³-hybridized carbons (Fsp3) is 0.118. The molecule has 0 aliphatic heterocycles. The van der Waals surface area contributed by atoms with E-state index in [1.54, 1.807) is 18.6 Å². The van der Waals surface area contributed by atoms with E-state index in [9.17, 15) is 13.2 Å². The molecule has 7 nitrogen and oxygen atoms in total. The number of halogens is 1. The molecule has 2 heterocycles. The van der Waals surface area contributed by atoms with Crippen molar-refractivity contribution in [3.8, 4) is 0 Å². The number of hydrogen-bond acceptors (Lipinski definition) is 5. The monoisotopic (exact) mass is 434 g/mol. The van der Waals surface area contributed by atoms with Crippen molar-refractivity contribution in [3.63, 3.8) is 0 Å². The molecule has 1 N–H and O–H groups in total. The second-order valence-electron chi connectivity index (χ2n) is 5.64. The molecule has 0 unspecified atom stereocenters. The van der Waals surface area contributed by atoms with Crippen LogP contribution in [0.4, 0.5) is 5.82 Å². The molecule has 0 spiro atoms. The smallest absolute Gasteiger partial charge is 0.256 e. The zero-order valence-electron chi connectivity index (χ0n) is 14.0. The number of benzene rings is 1. The lowest BCUT2D eigenvalue weighted by Crippen LogP contribution is -2.23. The number of pyridine rings is 2. The van der Waals surface area contributed by atoms with Gasteiger partial charge in [0, 0.05) is 48.1 Å². The summed E-state index contributed by atoms with van der Waals surface area (Å²) in [6, 6.07) is 8.03. The second-order valence-corrected chi connectivity index (χ2v) is 8.62. The van der Waals surface area contributed by atoms with E-state index in [0.29, 0.717) is 15.7 Å². The van der Waals surface area contributed by atoms with Gasteiger partial charge in [0.1, 0.15) is 5.82 Å². The molecular weight excluding hydrogens is 420 g/mol. The maximum atomic E-state index is 12.6. The Balaban J connectivity index is 1.98. The van der Waals surface area contributed by atoms with Gasteiger partial charge < -0.3 is 5.32 Å². The number of fused-ring (bicyclic) bond motifs is 1. The number of nitrogens with zero attached hydrogens (tertiary/aromatic N) is 3. The Bertz CT molecular complexity index is 1090. The molecule has 1 amide bonds. The van der Waals surface area contributed by atoms with Crippen molar-refractivity contribution in [2.75, 3.05) is 19.4 Å². The average molecular weight is 435 g/mol. The molecule has 0 saturated carbocycles. The highest BCUT2D eigenvalue weighted by Crippen LogP contribution is 2.26. The Kier molecular flexibility index (Phi) is 5.03. The SMILES string of the molecule is CN(C)S(=O)(=O)c1cc(C(=O)Nc2nccc3ccncc23)ccc1Br. The van der Waals surface area contributed by atoms with Gasteiger partial charge in [-0.1, -0.05) is 0 Å². The molecule has 3 rings (SSSR count). The largest absolute Gasteiger partial charge is 0.306 e. The highest BCUT2D eigenvalue weighted by molar-refractivity contribution is 9.10. The van der Waals surface area contributed by atoms with Crippen LogP contribution in [0.3, 0.4) is 0 Å². The maximum Gasteiger partial charge on any atom is 0.256 e. The first-order valence-electron chi connectivity index (χ1n) is 7.53. The first-order chi connectivity index (χ1) is 12.3. The van der Waals surface area contributed by atoms with E-state index in [1.165, 1.54) is 32.3 Å². The molecule has 2 aromatic heterocycles. The van der Waals surface area contributed by atoms with Gasteiger partial charge in [-0.25, -0.2) is 17.7 Å². The number of carbonyl (C=O) groups is 1. The summed E-state index contributed by atoms with van der Waals surface area (Å²) in [7, 11) is -0.826. The molecular formula is C17H15BrN4O3S. The van der Waals surface area contributed by atoms with Crippen molar-refractivity contribution in [2.45, 2.75) is 4.90 Å². The zero-order chi connectivity index (χ0) is 18.9. The average Bonchev–Trinajstić information content (AvgIpc) is 2.62. The lowest BCUT2D eigenvalue weighted by molar-refractivity contribution is 0.102. The molecule has 0 atom stereocenters. The fourth-order valence-corrected chi connectivity index (χ4v) is 4.17. The Labute approximate surface area is 159 Å². The number of rotatable bonds is 4. The minimum absolute atomic E-state index is 0.0164. The minimum atomic E-state index is -3.69. The lowest BCUT2D eigenvalue weighted by atomic mass is 10.2. The molecule has 9 heteroatoms. The fourth-order valence-electron chi connectivity index (χ4n) is 2.33. The molecule has 0 saturated heterocycles. The summed E-state index contributed by atoms with van der Waals surface area (Å²) in [6.45, 7) is 0. The van der Waals surface area contributed by atoms with Crippen LogP contribution in [0.25, 0.3) is 10.8 Å². The third-order valence-electron chi connectivity index (χ3n) is 3.75. The normalized spacial score (nSPS) is 11.7. The minimum Gasteiger partial charge on any atom is -0.306 e. The van der Waals surface area contributed by atoms with Crippen molar-refractivity contribution in [1.29, 1.82) is 0 Å². The first kappa shape index (κ1) is 18.4. The van der Waals surface area contributed by atoms with Crippen LogP contribution in [-0.4, -0.2) is 42.7 Å². The predicted molar refractivity (Wildman–Crippen MR) is 103 cm³/mol. The summed E-state index contributed by atoms with van der Waals surface area (Å²) in [4.78, 5) is 20.9. The second kappa shape index (κ2) is 7.10. The Morgan fingerprint density at radius 2 is 1.88 bits per heavy atom. The molecule has 0 fully saturated rings. The van der Waals surface area contributed by atoms with Crippen LogP contribution in [0, 0.1) is 0 Å². The third kappa shape index (κ3) is 3.46. The topological polar surface area (TPSA) is 92.3 Å². The number of hydrogen-bond donors (Lipinski definition) is 1. The number of sulfonamides is 1. The summed E-state index contributed by atoms with van der Waals surface area (Å²) < 4.78 is 26.3. The molecule has 0 bridgehead atoms. The quantitative estimate of drug-likeness (QED) is 0.681. The van der Waals surface area contributed by atoms with E-state index in [-0.39, 0.29) is 10.5 Å². The van der Waals surface area contributed by atoms with E-state index < -0.39 is 15.9 Å². The van der Waals surface area contributed by atoms with E-state index in [0.717, 1.165) is 9.69 Å². The van der Waals surface area contributed by atoms with Gasteiger partial charge in [-0.3, -0.25) is 9.78 Å². The molecule has 0 aliphatic rings. The van der Waals surface area contributed by atoms with E-state index in [2.05, 4.69) is 31.2 Å². The first-order valence-corrected chi connectivity index (χ1v) is 9.76. The van der Waals surface area contributed by atoms with Gasteiger partial charge in [0.25, 0.3) is 5.91 Å². The summed E-state index contributed by atoms with van der Waals surface area (Å²) >= 11 is 3.22. The van der Waals surface area contributed by atoms with Crippen LogP contribution in [0.15, 0.2) is 58.3 Å². The zero-order valence-corrected chi connectivity index (χ0v) is 16.4. The van der Waals surface area contributed by atoms with Crippen molar-refractivity contribution in [3.05, 3.63) is 59.0 Å². The number of aromatic nitrogens is 2. The summed E-state index contributed by atoms with van der Waals surface area (Å²) in [6.07, 6.45) is 4.85. The van der Waals surface area contributed by atoms with Crippen LogP contribution in [0.2, 0.25) is 0 Å². The van der Waals surface area contributed by atoms with Crippen molar-refractivity contribution < 1.29 is 13.2 Å². The van der Waals surface area contributed by atoms with E-state index in [1.807, 2.05) is 12.1 Å². The molecule has 26 heavy (non-hydrogen) atoms. The van der Waals surface area contributed by atoms with Gasteiger partial charge in [0.05, 0.1) is 4.90 Å². The van der Waals surface area contributed by atoms with Gasteiger partial charge in [-0.05, 0) is 51.6 Å². The summed E-state index contributed by atoms with van der Waals surface area (Å²) in [5.74, 6) is -0.0999. The maximum absolute atomic E-state index is 12.6. The number of anilines is 1. The number of nitrogens with one attached hydrogen (secondary N) is 1. The standard InChI is InChI=1S/C17H15BrN4O3S/c1-22(2)26(24,25)15-9-12(3-4-14(15)18)17(23)21-16-13-10-19-7-5-11(13)6-8-20-16/h3-10H,1-2H3,(H,20,21,23). The van der Waals surface area contributed by atoms with E-state index in [4.69, 9.17) is 0 Å². The summed E-state index contributed by atoms with van der Waals surface area (Å²) in [5, 5.41) is 4.30. The van der Waals surface area contributed by atoms with Crippen molar-refractivity contribution >= 4 is 48.5 Å². The van der Waals surface area contributed by atoms with Crippen LogP contribution in [0.1, 0.15) is 10.4 Å². The lowest BCUT2D eigenvalue weighted by Gasteiger charge is -2.14. The third-order valence-corrected chi connectivity index (χ3v) is 6.56. The van der Waals surface area contributed by atoms with Crippen LogP contribution < -0.4 is 5.32 Å². The highest BCUT2D eigenvalue weighted by atomic mass is 79.9. The number of amides is 1. The van der Waals surface area contributed by atoms with Crippen LogP contribution in [-0.2, 0) is 10.0 Å². The van der Waals surface area contributed by atoms with Crippen LogP contribution >= 0.6 is 15.9 Å². The van der Waals surface area contributed by atoms with Gasteiger partial charge in [0.15, 0.2) is 0 Å². The van der Waals surface area contributed by atoms with Crippen LogP contribution in [0.5, 0.6) is 0 Å².